The highest BCUT2D eigenvalue weighted by atomic mass is 16.3. The number of piperidine rings is 1. The SMILES string of the molecule is Cc1[nH]c2ccccc2c1CCNC(=O)N1CCC(C(C)O)CC1. The second-order valence-electron chi connectivity index (χ2n) is 6.82. The van der Waals surface area contributed by atoms with E-state index < -0.39 is 0 Å². The number of H-pyrrole nitrogens is 1. The number of para-hydroxylation sites is 1. The van der Waals surface area contributed by atoms with E-state index in [4.69, 9.17) is 0 Å². The molecule has 130 valence electrons. The zero-order valence-corrected chi connectivity index (χ0v) is 14.5. The number of hydrogen-bond donors (Lipinski definition) is 3. The van der Waals surface area contributed by atoms with Crippen LogP contribution in [0.4, 0.5) is 4.79 Å². The third-order valence-electron chi connectivity index (χ3n) is 5.19. The number of benzene rings is 1. The highest BCUT2D eigenvalue weighted by Gasteiger charge is 2.25. The first kappa shape index (κ1) is 16.8. The summed E-state index contributed by atoms with van der Waals surface area (Å²) >= 11 is 0. The smallest absolute Gasteiger partial charge is 0.317 e. The molecule has 3 N–H and O–H groups in total. The van der Waals surface area contributed by atoms with Gasteiger partial charge in [0.1, 0.15) is 0 Å². The van der Waals surface area contributed by atoms with Gasteiger partial charge in [0.2, 0.25) is 0 Å². The first-order valence-corrected chi connectivity index (χ1v) is 8.83. The normalized spacial score (nSPS) is 17.2. The molecule has 0 aliphatic carbocycles. The third-order valence-corrected chi connectivity index (χ3v) is 5.19. The fourth-order valence-electron chi connectivity index (χ4n) is 3.65. The molecule has 5 nitrogen and oxygen atoms in total. The van der Waals surface area contributed by atoms with Crippen LogP contribution in [-0.4, -0.2) is 46.8 Å². The topological polar surface area (TPSA) is 68.4 Å². The van der Waals surface area contributed by atoms with Gasteiger partial charge in [-0.15, -0.1) is 0 Å². The van der Waals surface area contributed by atoms with E-state index in [1.807, 2.05) is 24.0 Å². The first-order chi connectivity index (χ1) is 11.6. The van der Waals surface area contributed by atoms with E-state index in [1.165, 1.54) is 16.6 Å². The Morgan fingerprint density at radius 1 is 1.38 bits per heavy atom. The van der Waals surface area contributed by atoms with Crippen LogP contribution in [0.5, 0.6) is 0 Å². The van der Waals surface area contributed by atoms with Crippen LogP contribution in [0.3, 0.4) is 0 Å². The zero-order valence-electron chi connectivity index (χ0n) is 14.5. The number of aromatic amines is 1. The molecule has 1 aromatic heterocycles. The maximum atomic E-state index is 12.3. The molecule has 0 radical (unpaired) electrons. The van der Waals surface area contributed by atoms with Gasteiger partial charge >= 0.3 is 6.03 Å². The molecule has 3 rings (SSSR count). The van der Waals surface area contributed by atoms with Crippen LogP contribution in [0.2, 0.25) is 0 Å². The highest BCUT2D eigenvalue weighted by Crippen LogP contribution is 2.22. The fourth-order valence-corrected chi connectivity index (χ4v) is 3.65. The zero-order chi connectivity index (χ0) is 17.1. The van der Waals surface area contributed by atoms with Gasteiger partial charge in [0, 0.05) is 36.2 Å². The quantitative estimate of drug-likeness (QED) is 0.807. The molecule has 5 heteroatoms. The van der Waals surface area contributed by atoms with Crippen molar-refractivity contribution in [2.45, 2.75) is 39.2 Å². The molecule has 1 aliphatic rings. The van der Waals surface area contributed by atoms with E-state index in [1.54, 1.807) is 0 Å². The fraction of sp³-hybridized carbons (Fsp3) is 0.526. The molecule has 24 heavy (non-hydrogen) atoms. The molecule has 0 bridgehead atoms. The Morgan fingerprint density at radius 2 is 2.08 bits per heavy atom. The summed E-state index contributed by atoms with van der Waals surface area (Å²) in [5.41, 5.74) is 3.60. The molecule has 1 atom stereocenters. The van der Waals surface area contributed by atoms with Crippen molar-refractivity contribution in [3.63, 3.8) is 0 Å². The maximum Gasteiger partial charge on any atom is 0.317 e. The highest BCUT2D eigenvalue weighted by molar-refractivity contribution is 5.84. The van der Waals surface area contributed by atoms with Gasteiger partial charge in [-0.05, 0) is 50.7 Å². The summed E-state index contributed by atoms with van der Waals surface area (Å²) in [5.74, 6) is 0.322. The van der Waals surface area contributed by atoms with Crippen LogP contribution in [0.1, 0.15) is 31.0 Å². The van der Waals surface area contributed by atoms with E-state index in [0.717, 1.165) is 37.9 Å². The van der Waals surface area contributed by atoms with Gasteiger partial charge in [0.05, 0.1) is 6.10 Å². The summed E-state index contributed by atoms with van der Waals surface area (Å²) in [6, 6.07) is 8.29. The second kappa shape index (κ2) is 7.26. The summed E-state index contributed by atoms with van der Waals surface area (Å²) in [5, 5.41) is 13.9. The van der Waals surface area contributed by atoms with Gasteiger partial charge in [0.25, 0.3) is 0 Å². The number of carbonyl (C=O) groups excluding carboxylic acids is 1. The monoisotopic (exact) mass is 329 g/mol. The van der Waals surface area contributed by atoms with E-state index in [2.05, 4.69) is 29.4 Å². The minimum absolute atomic E-state index is 0.0107. The number of aromatic nitrogens is 1. The number of nitrogens with one attached hydrogen (secondary N) is 2. The number of aryl methyl sites for hydroxylation is 1. The number of urea groups is 1. The summed E-state index contributed by atoms with van der Waals surface area (Å²) in [6.45, 7) is 6.01. The first-order valence-electron chi connectivity index (χ1n) is 8.83. The van der Waals surface area contributed by atoms with Gasteiger partial charge in [-0.25, -0.2) is 4.79 Å². The van der Waals surface area contributed by atoms with Gasteiger partial charge in [-0.3, -0.25) is 0 Å². The van der Waals surface area contributed by atoms with Gasteiger partial charge < -0.3 is 20.3 Å². The van der Waals surface area contributed by atoms with E-state index in [9.17, 15) is 9.90 Å². The Hall–Kier alpha value is -2.01. The van der Waals surface area contributed by atoms with Crippen LogP contribution in [0.25, 0.3) is 10.9 Å². The Morgan fingerprint density at radius 3 is 2.79 bits per heavy atom. The van der Waals surface area contributed by atoms with Crippen LogP contribution in [0, 0.1) is 12.8 Å². The lowest BCUT2D eigenvalue weighted by molar-refractivity contribution is 0.0799. The largest absolute Gasteiger partial charge is 0.393 e. The number of hydrogen-bond acceptors (Lipinski definition) is 2. The van der Waals surface area contributed by atoms with Crippen molar-refractivity contribution >= 4 is 16.9 Å². The number of amides is 2. The van der Waals surface area contributed by atoms with Gasteiger partial charge in [-0.1, -0.05) is 18.2 Å². The number of nitrogens with zero attached hydrogens (tertiary/aromatic N) is 1. The second-order valence-corrected chi connectivity index (χ2v) is 6.82. The van der Waals surface area contributed by atoms with Crippen molar-refractivity contribution in [1.29, 1.82) is 0 Å². The van der Waals surface area contributed by atoms with Crippen molar-refractivity contribution in [3.05, 3.63) is 35.5 Å². The summed E-state index contributed by atoms with van der Waals surface area (Å²) < 4.78 is 0. The van der Waals surface area contributed by atoms with Gasteiger partial charge in [0.15, 0.2) is 0 Å². The van der Waals surface area contributed by atoms with Crippen molar-refractivity contribution in [2.24, 2.45) is 5.92 Å². The summed E-state index contributed by atoms with van der Waals surface area (Å²) in [4.78, 5) is 17.6. The van der Waals surface area contributed by atoms with Crippen molar-refractivity contribution in [1.82, 2.24) is 15.2 Å². The predicted molar refractivity (Wildman–Crippen MR) is 96.1 cm³/mol. The van der Waals surface area contributed by atoms with Crippen LogP contribution in [-0.2, 0) is 6.42 Å². The molecular formula is C19H27N3O2. The van der Waals surface area contributed by atoms with Gasteiger partial charge in [-0.2, -0.15) is 0 Å². The van der Waals surface area contributed by atoms with Crippen LogP contribution >= 0.6 is 0 Å². The number of aliphatic hydroxyl groups is 1. The Kier molecular flexibility index (Phi) is 5.09. The number of rotatable bonds is 4. The lowest BCUT2D eigenvalue weighted by atomic mass is 9.92. The summed E-state index contributed by atoms with van der Waals surface area (Å²) in [7, 11) is 0. The number of aliphatic hydroxyl groups excluding tert-OH is 1. The molecule has 1 unspecified atom stereocenters. The molecule has 0 spiro atoms. The van der Waals surface area contributed by atoms with Crippen LogP contribution in [0.15, 0.2) is 24.3 Å². The van der Waals surface area contributed by atoms with E-state index in [0.29, 0.717) is 12.5 Å². The van der Waals surface area contributed by atoms with E-state index >= 15 is 0 Å². The van der Waals surface area contributed by atoms with Crippen molar-refractivity contribution < 1.29 is 9.90 Å². The predicted octanol–water partition coefficient (Wildman–Crippen LogP) is 2.82. The van der Waals surface area contributed by atoms with Crippen molar-refractivity contribution in [3.8, 4) is 0 Å². The van der Waals surface area contributed by atoms with E-state index in [-0.39, 0.29) is 12.1 Å². The number of fused-ring (bicyclic) bond motifs is 1. The molecule has 2 aromatic rings. The summed E-state index contributed by atoms with van der Waals surface area (Å²) in [6.07, 6.45) is 2.31. The maximum absolute atomic E-state index is 12.3. The lowest BCUT2D eigenvalue weighted by Gasteiger charge is -2.33. The Bertz CT molecular complexity index is 700. The average Bonchev–Trinajstić information content (AvgIpc) is 2.90. The third kappa shape index (κ3) is 3.56. The Balaban J connectivity index is 1.51. The molecule has 1 fully saturated rings. The molecule has 1 saturated heterocycles. The van der Waals surface area contributed by atoms with Crippen molar-refractivity contribution in [2.75, 3.05) is 19.6 Å². The average molecular weight is 329 g/mol. The number of carbonyl (C=O) groups is 1. The standard InChI is InChI=1S/C19H27N3O2/c1-13-16(17-5-3-4-6-18(17)21-13)7-10-20-19(24)22-11-8-15(9-12-22)14(2)23/h3-6,14-15,21,23H,7-12H2,1-2H3,(H,20,24). The minimum Gasteiger partial charge on any atom is -0.393 e. The van der Waals surface area contributed by atoms with Crippen LogP contribution < -0.4 is 5.32 Å². The molecule has 2 amide bonds. The molecule has 1 aromatic carbocycles. The minimum atomic E-state index is -0.278. The Labute approximate surface area is 143 Å². The molecule has 2 heterocycles. The lowest BCUT2D eigenvalue weighted by Crippen LogP contribution is -2.46. The molecule has 1 aliphatic heterocycles. The molecular weight excluding hydrogens is 302 g/mol. The molecule has 0 saturated carbocycles. The number of likely N-dealkylation sites (tertiary alicyclic amines) is 1.